The molecule has 0 atom stereocenters. The minimum absolute atomic E-state index is 0.192. The molecular formula is C11H8BrClN2O. The lowest BCUT2D eigenvalue weighted by Gasteiger charge is -2.06. The number of nitrogens with zero attached hydrogens (tertiary/aromatic N) is 2. The Morgan fingerprint density at radius 2 is 2.19 bits per heavy atom. The molecular weight excluding hydrogens is 291 g/mol. The largest absolute Gasteiger partial charge is 0.286 e. The molecule has 5 heteroatoms. The number of hydrogen-bond donors (Lipinski definition) is 0. The molecule has 0 spiro atoms. The zero-order valence-electron chi connectivity index (χ0n) is 8.45. The topological polar surface area (TPSA) is 34.9 Å². The van der Waals surface area contributed by atoms with E-state index in [-0.39, 0.29) is 5.56 Å². The second-order valence-corrected chi connectivity index (χ2v) is 4.57. The molecule has 0 amide bonds. The van der Waals surface area contributed by atoms with E-state index in [2.05, 4.69) is 21.0 Å². The zero-order valence-corrected chi connectivity index (χ0v) is 10.8. The first-order valence-corrected chi connectivity index (χ1v) is 5.77. The molecule has 2 aromatic rings. The van der Waals surface area contributed by atoms with Crippen LogP contribution in [0.2, 0.25) is 5.02 Å². The van der Waals surface area contributed by atoms with Crippen molar-refractivity contribution in [3.8, 4) is 5.69 Å². The first kappa shape index (κ1) is 11.4. The molecule has 0 aliphatic rings. The molecule has 1 aromatic carbocycles. The highest BCUT2D eigenvalue weighted by Crippen LogP contribution is 2.14. The van der Waals surface area contributed by atoms with Gasteiger partial charge in [-0.15, -0.1) is 0 Å². The Morgan fingerprint density at radius 3 is 2.88 bits per heavy atom. The third-order valence-electron chi connectivity index (χ3n) is 2.15. The van der Waals surface area contributed by atoms with E-state index in [1.165, 1.54) is 4.68 Å². The predicted octanol–water partition coefficient (Wildman–Crippen LogP) is 2.96. The summed E-state index contributed by atoms with van der Waals surface area (Å²) in [5, 5.41) is 4.64. The fraction of sp³-hybridized carbons (Fsp3) is 0.0909. The number of aryl methyl sites for hydroxylation is 1. The highest BCUT2D eigenvalue weighted by molar-refractivity contribution is 9.10. The van der Waals surface area contributed by atoms with Crippen molar-refractivity contribution in [1.82, 2.24) is 9.78 Å². The van der Waals surface area contributed by atoms with Crippen LogP contribution >= 0.6 is 27.5 Å². The van der Waals surface area contributed by atoms with Crippen LogP contribution < -0.4 is 5.56 Å². The third kappa shape index (κ3) is 2.03. The maximum Gasteiger partial charge on any atom is 0.286 e. The van der Waals surface area contributed by atoms with Crippen LogP contribution in [0.1, 0.15) is 5.56 Å². The fourth-order valence-electron chi connectivity index (χ4n) is 1.31. The molecule has 1 aromatic heterocycles. The van der Waals surface area contributed by atoms with Crippen LogP contribution in [-0.2, 0) is 0 Å². The van der Waals surface area contributed by atoms with E-state index in [4.69, 9.17) is 11.6 Å². The molecule has 2 rings (SSSR count). The van der Waals surface area contributed by atoms with E-state index in [1.54, 1.807) is 30.5 Å². The van der Waals surface area contributed by atoms with Crippen molar-refractivity contribution >= 4 is 27.5 Å². The first-order chi connectivity index (χ1) is 7.59. The summed E-state index contributed by atoms with van der Waals surface area (Å²) in [6, 6.07) is 7.00. The third-order valence-corrected chi connectivity index (χ3v) is 3.35. The van der Waals surface area contributed by atoms with Gasteiger partial charge in [0, 0.05) is 5.02 Å². The van der Waals surface area contributed by atoms with Gasteiger partial charge in [-0.25, -0.2) is 0 Å². The van der Waals surface area contributed by atoms with Gasteiger partial charge in [0.1, 0.15) is 0 Å². The Kier molecular flexibility index (Phi) is 3.12. The van der Waals surface area contributed by atoms with Crippen molar-refractivity contribution in [2.45, 2.75) is 6.92 Å². The summed E-state index contributed by atoms with van der Waals surface area (Å²) in [6.45, 7) is 1.82. The zero-order chi connectivity index (χ0) is 11.7. The Hall–Kier alpha value is -1.13. The summed E-state index contributed by atoms with van der Waals surface area (Å²) in [6.07, 6.45) is 1.63. The summed E-state index contributed by atoms with van der Waals surface area (Å²) >= 11 is 9.10. The second-order valence-electron chi connectivity index (χ2n) is 3.34. The molecule has 0 bridgehead atoms. The second kappa shape index (κ2) is 4.39. The van der Waals surface area contributed by atoms with Gasteiger partial charge in [0.25, 0.3) is 5.56 Å². The number of rotatable bonds is 1. The normalized spacial score (nSPS) is 10.4. The summed E-state index contributed by atoms with van der Waals surface area (Å²) in [5.74, 6) is 0. The van der Waals surface area contributed by atoms with Crippen molar-refractivity contribution in [3.63, 3.8) is 0 Å². The van der Waals surface area contributed by atoms with Crippen molar-refractivity contribution in [2.75, 3.05) is 0 Å². The van der Waals surface area contributed by atoms with Crippen LogP contribution in [0.5, 0.6) is 0 Å². The molecule has 0 saturated carbocycles. The van der Waals surface area contributed by atoms with Crippen LogP contribution in [-0.4, -0.2) is 9.78 Å². The van der Waals surface area contributed by atoms with Crippen LogP contribution in [0.4, 0.5) is 0 Å². The molecule has 0 saturated heterocycles. The van der Waals surface area contributed by atoms with Crippen LogP contribution in [0.15, 0.2) is 39.7 Å². The number of hydrogen-bond acceptors (Lipinski definition) is 2. The van der Waals surface area contributed by atoms with E-state index in [9.17, 15) is 4.79 Å². The van der Waals surface area contributed by atoms with Crippen molar-refractivity contribution in [3.05, 3.63) is 55.9 Å². The monoisotopic (exact) mass is 298 g/mol. The van der Waals surface area contributed by atoms with Crippen LogP contribution in [0.3, 0.4) is 0 Å². The molecule has 1 heterocycles. The van der Waals surface area contributed by atoms with E-state index < -0.39 is 0 Å². The Bertz CT molecular complexity index is 595. The van der Waals surface area contributed by atoms with Gasteiger partial charge in [-0.05, 0) is 46.6 Å². The van der Waals surface area contributed by atoms with E-state index in [0.717, 1.165) is 5.56 Å². The van der Waals surface area contributed by atoms with Crippen molar-refractivity contribution in [2.24, 2.45) is 0 Å². The van der Waals surface area contributed by atoms with Gasteiger partial charge >= 0.3 is 0 Å². The maximum atomic E-state index is 11.9. The van der Waals surface area contributed by atoms with E-state index in [0.29, 0.717) is 15.2 Å². The molecule has 16 heavy (non-hydrogen) atoms. The minimum Gasteiger partial charge on any atom is -0.266 e. The van der Waals surface area contributed by atoms with Crippen LogP contribution in [0.25, 0.3) is 5.69 Å². The van der Waals surface area contributed by atoms with Gasteiger partial charge in [0.05, 0.1) is 16.4 Å². The number of benzene rings is 1. The van der Waals surface area contributed by atoms with E-state index in [1.807, 2.05) is 6.92 Å². The van der Waals surface area contributed by atoms with Gasteiger partial charge in [-0.3, -0.25) is 4.79 Å². The van der Waals surface area contributed by atoms with Gasteiger partial charge in [0.2, 0.25) is 0 Å². The van der Waals surface area contributed by atoms with E-state index >= 15 is 0 Å². The minimum atomic E-state index is -0.192. The average molecular weight is 300 g/mol. The lowest BCUT2D eigenvalue weighted by atomic mass is 10.3. The van der Waals surface area contributed by atoms with Crippen molar-refractivity contribution in [1.29, 1.82) is 0 Å². The smallest absolute Gasteiger partial charge is 0.266 e. The standard InChI is InChI=1S/C11H8BrClN2O/c1-7-6-14-15(11(16)10(7)12)9-4-2-3-8(13)5-9/h2-6H,1H3. The Labute approximate surface area is 106 Å². The maximum absolute atomic E-state index is 11.9. The first-order valence-electron chi connectivity index (χ1n) is 4.60. The summed E-state index contributed by atoms with van der Waals surface area (Å²) in [7, 11) is 0. The number of aromatic nitrogens is 2. The van der Waals surface area contributed by atoms with Gasteiger partial charge in [-0.1, -0.05) is 17.7 Å². The molecule has 0 fully saturated rings. The lowest BCUT2D eigenvalue weighted by molar-refractivity contribution is 0.793. The molecule has 82 valence electrons. The highest BCUT2D eigenvalue weighted by atomic mass is 79.9. The average Bonchev–Trinajstić information content (AvgIpc) is 2.26. The van der Waals surface area contributed by atoms with Gasteiger partial charge < -0.3 is 0 Å². The molecule has 0 unspecified atom stereocenters. The lowest BCUT2D eigenvalue weighted by Crippen LogP contribution is -2.22. The molecule has 0 aliphatic heterocycles. The molecule has 0 N–H and O–H groups in total. The Balaban J connectivity index is 2.66. The summed E-state index contributed by atoms with van der Waals surface area (Å²) in [4.78, 5) is 11.9. The van der Waals surface area contributed by atoms with Crippen molar-refractivity contribution < 1.29 is 0 Å². The van der Waals surface area contributed by atoms with Gasteiger partial charge in [-0.2, -0.15) is 9.78 Å². The number of halogens is 2. The Morgan fingerprint density at radius 1 is 1.44 bits per heavy atom. The van der Waals surface area contributed by atoms with Gasteiger partial charge in [0.15, 0.2) is 0 Å². The SMILES string of the molecule is Cc1cnn(-c2cccc(Cl)c2)c(=O)c1Br. The fourth-order valence-corrected chi connectivity index (χ4v) is 1.76. The highest BCUT2D eigenvalue weighted by Gasteiger charge is 2.07. The summed E-state index contributed by atoms with van der Waals surface area (Å²) in [5.41, 5.74) is 1.27. The summed E-state index contributed by atoms with van der Waals surface area (Å²) < 4.78 is 1.82. The molecule has 0 radical (unpaired) electrons. The quantitative estimate of drug-likeness (QED) is 0.811. The molecule has 0 aliphatic carbocycles. The molecule has 3 nitrogen and oxygen atoms in total. The predicted molar refractivity (Wildman–Crippen MR) is 67.3 cm³/mol. The van der Waals surface area contributed by atoms with Crippen LogP contribution in [0, 0.1) is 6.92 Å².